The topological polar surface area (TPSA) is 76.1 Å². The molecule has 1 aromatic rings. The third-order valence-electron chi connectivity index (χ3n) is 4.25. The van der Waals surface area contributed by atoms with E-state index >= 15 is 0 Å². The standard InChI is InChI=1S/C18H21NO5S/c1-23-14-7-3-2-6-13(14)15-16(25-10-8-20)18(22)19(17(15)21)11-12-5-4-9-24-12/h2-3,6-7,12,20H,4-5,8-11H2,1H3. The minimum atomic E-state index is -0.328. The summed E-state index contributed by atoms with van der Waals surface area (Å²) in [5.41, 5.74) is 0.942. The number of thioether (sulfide) groups is 1. The minimum absolute atomic E-state index is 0.0689. The van der Waals surface area contributed by atoms with Crippen molar-refractivity contribution in [2.75, 3.05) is 32.6 Å². The van der Waals surface area contributed by atoms with Crippen LogP contribution >= 0.6 is 11.8 Å². The predicted octanol–water partition coefficient (Wildman–Crippen LogP) is 1.68. The summed E-state index contributed by atoms with van der Waals surface area (Å²) in [5.74, 6) is 0.242. The molecule has 0 aromatic heterocycles. The number of carbonyl (C=O) groups is 2. The first-order chi connectivity index (χ1) is 12.2. The van der Waals surface area contributed by atoms with E-state index in [0.29, 0.717) is 34.2 Å². The molecule has 25 heavy (non-hydrogen) atoms. The van der Waals surface area contributed by atoms with Crippen molar-refractivity contribution in [3.8, 4) is 5.75 Å². The van der Waals surface area contributed by atoms with Crippen LogP contribution in [0.1, 0.15) is 18.4 Å². The second kappa shape index (κ2) is 8.03. The van der Waals surface area contributed by atoms with Gasteiger partial charge in [0.1, 0.15) is 5.75 Å². The molecule has 3 rings (SSSR count). The number of benzene rings is 1. The quantitative estimate of drug-likeness (QED) is 0.743. The molecule has 134 valence electrons. The van der Waals surface area contributed by atoms with Crippen LogP contribution < -0.4 is 4.74 Å². The van der Waals surface area contributed by atoms with Gasteiger partial charge in [-0.05, 0) is 18.9 Å². The maximum absolute atomic E-state index is 13.0. The number of para-hydroxylation sites is 1. The predicted molar refractivity (Wildman–Crippen MR) is 95.2 cm³/mol. The molecule has 0 radical (unpaired) electrons. The zero-order chi connectivity index (χ0) is 17.8. The second-order valence-corrected chi connectivity index (χ2v) is 6.94. The van der Waals surface area contributed by atoms with Crippen molar-refractivity contribution in [1.29, 1.82) is 0 Å². The fourth-order valence-electron chi connectivity index (χ4n) is 3.08. The molecule has 1 N–H and O–H groups in total. The van der Waals surface area contributed by atoms with Crippen LogP contribution in [0.25, 0.3) is 5.57 Å². The number of hydrogen-bond acceptors (Lipinski definition) is 6. The van der Waals surface area contributed by atoms with Crippen molar-refractivity contribution in [3.63, 3.8) is 0 Å². The highest BCUT2D eigenvalue weighted by atomic mass is 32.2. The average molecular weight is 363 g/mol. The smallest absolute Gasteiger partial charge is 0.268 e. The Labute approximate surface area is 150 Å². The number of imide groups is 1. The van der Waals surface area contributed by atoms with E-state index in [9.17, 15) is 9.59 Å². The zero-order valence-corrected chi connectivity index (χ0v) is 14.9. The Morgan fingerprint density at radius 1 is 1.32 bits per heavy atom. The Morgan fingerprint density at radius 2 is 2.12 bits per heavy atom. The number of amides is 2. The van der Waals surface area contributed by atoms with Crippen LogP contribution in [0.3, 0.4) is 0 Å². The van der Waals surface area contributed by atoms with Crippen LogP contribution in [-0.4, -0.2) is 60.5 Å². The number of hydrogen-bond donors (Lipinski definition) is 1. The summed E-state index contributed by atoms with van der Waals surface area (Å²) in [6.45, 7) is 0.861. The number of aliphatic hydroxyl groups excluding tert-OH is 1. The number of rotatable bonds is 7. The summed E-state index contributed by atoms with van der Waals surface area (Å²) in [5, 5.41) is 9.13. The van der Waals surface area contributed by atoms with Gasteiger partial charge >= 0.3 is 0 Å². The molecule has 7 heteroatoms. The average Bonchev–Trinajstić information content (AvgIpc) is 3.22. The fraction of sp³-hybridized carbons (Fsp3) is 0.444. The van der Waals surface area contributed by atoms with Crippen molar-refractivity contribution in [3.05, 3.63) is 34.7 Å². The lowest BCUT2D eigenvalue weighted by Crippen LogP contribution is -2.37. The molecular weight excluding hydrogens is 342 g/mol. The monoisotopic (exact) mass is 363 g/mol. The van der Waals surface area contributed by atoms with Crippen LogP contribution in [0.15, 0.2) is 29.2 Å². The third kappa shape index (κ3) is 3.58. The van der Waals surface area contributed by atoms with E-state index < -0.39 is 0 Å². The van der Waals surface area contributed by atoms with Crippen LogP contribution in [0, 0.1) is 0 Å². The Bertz CT molecular complexity index is 696. The Morgan fingerprint density at radius 3 is 2.80 bits per heavy atom. The second-order valence-electron chi connectivity index (χ2n) is 5.83. The van der Waals surface area contributed by atoms with Crippen molar-refractivity contribution < 1.29 is 24.2 Å². The number of carbonyl (C=O) groups excluding carboxylic acids is 2. The number of aliphatic hydroxyl groups is 1. The first kappa shape index (κ1) is 18.0. The highest BCUT2D eigenvalue weighted by Gasteiger charge is 2.41. The maximum atomic E-state index is 13.0. The molecule has 1 aromatic carbocycles. The molecule has 2 aliphatic heterocycles. The molecule has 0 bridgehead atoms. The first-order valence-corrected chi connectivity index (χ1v) is 9.25. The molecule has 0 aliphatic carbocycles. The summed E-state index contributed by atoms with van der Waals surface area (Å²) in [7, 11) is 1.53. The Hall–Kier alpha value is -1.83. The normalized spacial score (nSPS) is 20.7. The molecule has 1 unspecified atom stereocenters. The van der Waals surface area contributed by atoms with Gasteiger partial charge in [0.2, 0.25) is 0 Å². The van der Waals surface area contributed by atoms with Gasteiger partial charge in [0, 0.05) is 17.9 Å². The molecule has 0 saturated carbocycles. The van der Waals surface area contributed by atoms with Gasteiger partial charge < -0.3 is 14.6 Å². The zero-order valence-electron chi connectivity index (χ0n) is 14.1. The van der Waals surface area contributed by atoms with Gasteiger partial charge in [0.05, 0.1) is 36.8 Å². The molecule has 2 amide bonds. The van der Waals surface area contributed by atoms with Gasteiger partial charge in [-0.2, -0.15) is 0 Å². The molecule has 2 aliphatic rings. The molecule has 6 nitrogen and oxygen atoms in total. The lowest BCUT2D eigenvalue weighted by Gasteiger charge is -2.19. The minimum Gasteiger partial charge on any atom is -0.496 e. The SMILES string of the molecule is COc1ccccc1C1=C(SCCO)C(=O)N(CC2CCCO2)C1=O. The van der Waals surface area contributed by atoms with E-state index in [1.54, 1.807) is 18.2 Å². The van der Waals surface area contributed by atoms with E-state index in [2.05, 4.69) is 0 Å². The summed E-state index contributed by atoms with van der Waals surface area (Å²) in [4.78, 5) is 27.5. The van der Waals surface area contributed by atoms with Gasteiger partial charge in [-0.1, -0.05) is 18.2 Å². The summed E-state index contributed by atoms with van der Waals surface area (Å²) < 4.78 is 10.9. The van der Waals surface area contributed by atoms with Crippen molar-refractivity contribution >= 4 is 29.1 Å². The van der Waals surface area contributed by atoms with Crippen LogP contribution in [0.2, 0.25) is 0 Å². The molecule has 1 atom stereocenters. The van der Waals surface area contributed by atoms with Gasteiger partial charge in [-0.15, -0.1) is 11.8 Å². The number of methoxy groups -OCH3 is 1. The molecule has 2 heterocycles. The van der Waals surface area contributed by atoms with E-state index in [1.807, 2.05) is 6.07 Å². The van der Waals surface area contributed by atoms with E-state index in [0.717, 1.165) is 12.8 Å². The van der Waals surface area contributed by atoms with Crippen LogP contribution in [0.5, 0.6) is 5.75 Å². The number of ether oxygens (including phenoxy) is 2. The lowest BCUT2D eigenvalue weighted by molar-refractivity contribution is -0.138. The van der Waals surface area contributed by atoms with Crippen molar-refractivity contribution in [2.45, 2.75) is 18.9 Å². The maximum Gasteiger partial charge on any atom is 0.268 e. The van der Waals surface area contributed by atoms with Crippen molar-refractivity contribution in [1.82, 2.24) is 4.90 Å². The molecular formula is C18H21NO5S. The molecule has 1 fully saturated rings. The van der Waals surface area contributed by atoms with E-state index in [1.165, 1.54) is 23.8 Å². The van der Waals surface area contributed by atoms with Crippen LogP contribution in [-0.2, 0) is 14.3 Å². The summed E-state index contributed by atoms with van der Waals surface area (Å²) in [6, 6.07) is 7.15. The highest BCUT2D eigenvalue weighted by molar-refractivity contribution is 8.04. The number of nitrogens with zero attached hydrogens (tertiary/aromatic N) is 1. The van der Waals surface area contributed by atoms with E-state index in [4.69, 9.17) is 14.6 Å². The highest BCUT2D eigenvalue weighted by Crippen LogP contribution is 2.39. The summed E-state index contributed by atoms with van der Waals surface area (Å²) >= 11 is 1.20. The molecule has 0 spiro atoms. The largest absolute Gasteiger partial charge is 0.496 e. The fourth-order valence-corrected chi connectivity index (χ4v) is 3.95. The van der Waals surface area contributed by atoms with Crippen molar-refractivity contribution in [2.24, 2.45) is 0 Å². The summed E-state index contributed by atoms with van der Waals surface area (Å²) in [6.07, 6.45) is 1.69. The van der Waals surface area contributed by atoms with Gasteiger partial charge in [-0.3, -0.25) is 14.5 Å². The first-order valence-electron chi connectivity index (χ1n) is 8.26. The third-order valence-corrected chi connectivity index (χ3v) is 5.30. The lowest BCUT2D eigenvalue weighted by atomic mass is 10.0. The van der Waals surface area contributed by atoms with E-state index in [-0.39, 0.29) is 31.1 Å². The van der Waals surface area contributed by atoms with Gasteiger partial charge in [0.25, 0.3) is 11.8 Å². The van der Waals surface area contributed by atoms with Gasteiger partial charge in [-0.25, -0.2) is 0 Å². The Kier molecular flexibility index (Phi) is 5.78. The van der Waals surface area contributed by atoms with Gasteiger partial charge in [0.15, 0.2) is 0 Å². The Balaban J connectivity index is 1.96. The van der Waals surface area contributed by atoms with Crippen LogP contribution in [0.4, 0.5) is 0 Å². The molecule has 1 saturated heterocycles.